The van der Waals surface area contributed by atoms with Gasteiger partial charge in [-0.25, -0.2) is 4.79 Å². The van der Waals surface area contributed by atoms with Crippen LogP contribution in [0.25, 0.3) is 0 Å². The lowest BCUT2D eigenvalue weighted by molar-refractivity contribution is -0.146. The van der Waals surface area contributed by atoms with Crippen molar-refractivity contribution in [2.24, 2.45) is 0 Å². The zero-order chi connectivity index (χ0) is 9.72. The number of hydrogen-bond donors (Lipinski definition) is 2. The molecule has 0 radical (unpaired) electrons. The van der Waals surface area contributed by atoms with Crippen molar-refractivity contribution < 1.29 is 19.4 Å². The molecule has 1 amide bonds. The number of amides is 1. The van der Waals surface area contributed by atoms with E-state index in [-0.39, 0.29) is 0 Å². The van der Waals surface area contributed by atoms with E-state index in [0.29, 0.717) is 0 Å². The predicted octanol–water partition coefficient (Wildman–Crippen LogP) is -0.779. The Hall–Kier alpha value is -0.810. The van der Waals surface area contributed by atoms with Gasteiger partial charge in [-0.1, -0.05) is 11.6 Å². The number of hydrogen-bond acceptors (Lipinski definition) is 4. The van der Waals surface area contributed by atoms with Crippen LogP contribution in [0.2, 0.25) is 0 Å². The Balaban J connectivity index is 4.23. The van der Waals surface area contributed by atoms with Gasteiger partial charge in [0.05, 0.1) is 7.11 Å². The van der Waals surface area contributed by atoms with Crippen molar-refractivity contribution in [1.82, 2.24) is 5.32 Å². The highest BCUT2D eigenvalue weighted by Gasteiger charge is 2.26. The number of rotatable bonds is 3. The molecular weight excluding hydrogens is 186 g/mol. The van der Waals surface area contributed by atoms with Crippen molar-refractivity contribution in [2.45, 2.75) is 18.5 Å². The number of carbonyl (C=O) groups excluding carboxylic acids is 2. The highest BCUT2D eigenvalue weighted by Crippen LogP contribution is 2.00. The van der Waals surface area contributed by atoms with E-state index in [1.807, 2.05) is 0 Å². The number of aliphatic hydroxyl groups excluding tert-OH is 1. The molecule has 0 aliphatic rings. The first kappa shape index (κ1) is 11.2. The van der Waals surface area contributed by atoms with Crippen molar-refractivity contribution in [3.05, 3.63) is 0 Å². The molecule has 0 aromatic rings. The molecule has 2 atom stereocenters. The summed E-state index contributed by atoms with van der Waals surface area (Å²) in [6.07, 6.45) is 0. The Morgan fingerprint density at radius 3 is 2.33 bits per heavy atom. The molecule has 0 bridgehead atoms. The van der Waals surface area contributed by atoms with Gasteiger partial charge in [-0.15, -0.1) is 0 Å². The summed E-state index contributed by atoms with van der Waals surface area (Å²) >= 11 is 5.20. The Kier molecular flexibility index (Phi) is 4.61. The van der Waals surface area contributed by atoms with Crippen molar-refractivity contribution in [1.29, 1.82) is 0 Å². The van der Waals surface area contributed by atoms with Crippen LogP contribution in [0.15, 0.2) is 0 Å². The SMILES string of the molecule is COC(=O)C(NC(C)=O)C(O)Cl. The van der Waals surface area contributed by atoms with E-state index in [4.69, 9.17) is 16.7 Å². The van der Waals surface area contributed by atoms with Crippen LogP contribution in [-0.4, -0.2) is 35.7 Å². The predicted molar refractivity (Wildman–Crippen MR) is 41.5 cm³/mol. The van der Waals surface area contributed by atoms with Gasteiger partial charge in [-0.05, 0) is 0 Å². The molecule has 12 heavy (non-hydrogen) atoms. The third-order valence-corrected chi connectivity index (χ3v) is 1.34. The second-order valence-electron chi connectivity index (χ2n) is 2.07. The van der Waals surface area contributed by atoms with Crippen LogP contribution in [0.4, 0.5) is 0 Å². The van der Waals surface area contributed by atoms with E-state index in [0.717, 1.165) is 7.11 Å². The molecule has 0 aromatic carbocycles. The second kappa shape index (κ2) is 4.95. The number of methoxy groups -OCH3 is 1. The number of alkyl halides is 1. The number of esters is 1. The van der Waals surface area contributed by atoms with Crippen LogP contribution < -0.4 is 5.32 Å². The van der Waals surface area contributed by atoms with Crippen LogP contribution in [0.3, 0.4) is 0 Å². The lowest BCUT2D eigenvalue weighted by Crippen LogP contribution is -2.46. The average molecular weight is 196 g/mol. The molecule has 0 saturated carbocycles. The van der Waals surface area contributed by atoms with Gasteiger partial charge in [0.1, 0.15) is 0 Å². The summed E-state index contributed by atoms with van der Waals surface area (Å²) in [6, 6.07) is -1.21. The van der Waals surface area contributed by atoms with Gasteiger partial charge in [0.2, 0.25) is 5.91 Å². The largest absolute Gasteiger partial charge is 0.467 e. The molecule has 0 aliphatic carbocycles. The summed E-state index contributed by atoms with van der Waals surface area (Å²) in [7, 11) is 1.14. The molecule has 2 N–H and O–H groups in total. The highest BCUT2D eigenvalue weighted by molar-refractivity contribution is 6.21. The van der Waals surface area contributed by atoms with Gasteiger partial charge in [0, 0.05) is 6.92 Å². The van der Waals surface area contributed by atoms with Crippen molar-refractivity contribution in [3.8, 4) is 0 Å². The smallest absolute Gasteiger partial charge is 0.332 e. The zero-order valence-electron chi connectivity index (χ0n) is 6.70. The minimum absolute atomic E-state index is 0.468. The molecule has 70 valence electrons. The van der Waals surface area contributed by atoms with E-state index >= 15 is 0 Å². The Bertz CT molecular complexity index is 182. The molecule has 0 heterocycles. The maximum Gasteiger partial charge on any atom is 0.332 e. The van der Waals surface area contributed by atoms with Gasteiger partial charge in [0.25, 0.3) is 0 Å². The Morgan fingerprint density at radius 1 is 1.58 bits per heavy atom. The molecular formula is C6H10ClNO4. The van der Waals surface area contributed by atoms with Gasteiger partial charge < -0.3 is 15.2 Å². The standard InChI is InChI=1S/C6H10ClNO4/c1-3(9)8-4(5(7)10)6(11)12-2/h4-5,10H,1-2H3,(H,8,9). The summed E-state index contributed by atoms with van der Waals surface area (Å²) in [5.41, 5.74) is -1.48. The van der Waals surface area contributed by atoms with Crippen molar-refractivity contribution in [3.63, 3.8) is 0 Å². The van der Waals surface area contributed by atoms with Gasteiger partial charge in [-0.2, -0.15) is 0 Å². The fourth-order valence-electron chi connectivity index (χ4n) is 0.586. The summed E-state index contributed by atoms with van der Waals surface area (Å²) in [5, 5.41) is 10.9. The first-order valence-corrected chi connectivity index (χ1v) is 3.59. The topological polar surface area (TPSA) is 75.6 Å². The molecule has 0 spiro atoms. The van der Waals surface area contributed by atoms with Gasteiger partial charge in [-0.3, -0.25) is 4.79 Å². The van der Waals surface area contributed by atoms with Gasteiger partial charge in [0.15, 0.2) is 11.6 Å². The van der Waals surface area contributed by atoms with Crippen LogP contribution in [0.1, 0.15) is 6.92 Å². The molecule has 0 rings (SSSR count). The fourth-order valence-corrected chi connectivity index (χ4v) is 0.752. The number of nitrogens with one attached hydrogen (secondary N) is 1. The molecule has 5 nitrogen and oxygen atoms in total. The minimum Gasteiger partial charge on any atom is -0.467 e. The number of ether oxygens (including phenoxy) is 1. The molecule has 0 aromatic heterocycles. The quantitative estimate of drug-likeness (QED) is 0.458. The maximum absolute atomic E-state index is 10.8. The van der Waals surface area contributed by atoms with Gasteiger partial charge >= 0.3 is 5.97 Å². The van der Waals surface area contributed by atoms with Crippen LogP contribution in [-0.2, 0) is 14.3 Å². The number of aliphatic hydroxyl groups is 1. The summed E-state index contributed by atoms with van der Waals surface area (Å²) < 4.78 is 4.28. The lowest BCUT2D eigenvalue weighted by Gasteiger charge is -2.15. The molecule has 0 saturated heterocycles. The summed E-state index contributed by atoms with van der Waals surface area (Å²) in [6.45, 7) is 1.20. The average Bonchev–Trinajstić information content (AvgIpc) is 1.98. The van der Waals surface area contributed by atoms with E-state index in [9.17, 15) is 9.59 Å². The molecule has 2 unspecified atom stereocenters. The Labute approximate surface area is 74.6 Å². The van der Waals surface area contributed by atoms with Crippen molar-refractivity contribution >= 4 is 23.5 Å². The Morgan fingerprint density at radius 2 is 2.08 bits per heavy atom. The van der Waals surface area contributed by atoms with Crippen LogP contribution in [0.5, 0.6) is 0 Å². The second-order valence-corrected chi connectivity index (χ2v) is 2.52. The van der Waals surface area contributed by atoms with E-state index in [1.54, 1.807) is 0 Å². The van der Waals surface area contributed by atoms with Crippen LogP contribution in [0, 0.1) is 0 Å². The van der Waals surface area contributed by atoms with Crippen molar-refractivity contribution in [2.75, 3.05) is 7.11 Å². The first-order chi connectivity index (χ1) is 5.49. The molecule has 6 heteroatoms. The number of carbonyl (C=O) groups is 2. The monoisotopic (exact) mass is 195 g/mol. The van der Waals surface area contributed by atoms with E-state index < -0.39 is 23.5 Å². The maximum atomic E-state index is 10.8. The normalized spacial score (nSPS) is 14.7. The number of halogens is 1. The lowest BCUT2D eigenvalue weighted by atomic mass is 10.3. The third-order valence-electron chi connectivity index (χ3n) is 1.09. The van der Waals surface area contributed by atoms with Crippen LogP contribution >= 0.6 is 11.6 Å². The molecule has 0 fully saturated rings. The highest BCUT2D eigenvalue weighted by atomic mass is 35.5. The molecule has 0 aliphatic heterocycles. The minimum atomic E-state index is -1.48. The van der Waals surface area contributed by atoms with E-state index in [1.165, 1.54) is 6.92 Å². The first-order valence-electron chi connectivity index (χ1n) is 3.16. The summed E-state index contributed by atoms with van der Waals surface area (Å²) in [5.74, 6) is -1.25. The van der Waals surface area contributed by atoms with E-state index in [2.05, 4.69) is 10.1 Å². The zero-order valence-corrected chi connectivity index (χ0v) is 7.46. The third kappa shape index (κ3) is 3.54. The fraction of sp³-hybridized carbons (Fsp3) is 0.667. The summed E-state index contributed by atoms with van der Waals surface area (Å²) in [4.78, 5) is 21.3.